The normalized spacial score (nSPS) is 10.8. The third-order valence-corrected chi connectivity index (χ3v) is 5.52. The molecule has 0 spiro atoms. The molecule has 2 aromatic heterocycles. The first-order chi connectivity index (χ1) is 15.1. The molecule has 0 radical (unpaired) electrons. The van der Waals surface area contributed by atoms with E-state index in [2.05, 4.69) is 5.32 Å². The molecule has 4 rings (SSSR count). The molecule has 0 aliphatic rings. The number of ether oxygens (including phenoxy) is 2. The minimum Gasteiger partial charge on any atom is -0.494 e. The zero-order valence-electron chi connectivity index (χ0n) is 17.1. The Hall–Kier alpha value is -3.58. The van der Waals surface area contributed by atoms with Crippen molar-refractivity contribution in [1.82, 2.24) is 0 Å². The predicted molar refractivity (Wildman–Crippen MR) is 121 cm³/mol. The van der Waals surface area contributed by atoms with E-state index in [1.807, 2.05) is 54.8 Å². The fraction of sp³-hybridized carbons (Fsp3) is 0.167. The van der Waals surface area contributed by atoms with Gasteiger partial charge in [0.15, 0.2) is 5.76 Å². The van der Waals surface area contributed by atoms with E-state index >= 15 is 0 Å². The van der Waals surface area contributed by atoms with E-state index in [0.717, 1.165) is 16.7 Å². The molecule has 2 heterocycles. The molecule has 0 saturated carbocycles. The number of amides is 1. The third-order valence-electron chi connectivity index (χ3n) is 4.62. The first-order valence-corrected chi connectivity index (χ1v) is 10.8. The monoisotopic (exact) mass is 435 g/mol. The molecular formula is C24H21NO5S. The van der Waals surface area contributed by atoms with E-state index in [-0.39, 0.29) is 12.4 Å². The van der Waals surface area contributed by atoms with Crippen molar-refractivity contribution in [3.05, 3.63) is 71.3 Å². The molecular weight excluding hydrogens is 414 g/mol. The number of thiophene rings is 1. The van der Waals surface area contributed by atoms with Crippen molar-refractivity contribution in [3.63, 3.8) is 0 Å². The van der Waals surface area contributed by atoms with Gasteiger partial charge in [-0.2, -0.15) is 0 Å². The van der Waals surface area contributed by atoms with Crippen molar-refractivity contribution in [2.45, 2.75) is 13.8 Å². The number of hydrogen-bond acceptors (Lipinski definition) is 6. The van der Waals surface area contributed by atoms with Gasteiger partial charge in [0.1, 0.15) is 21.9 Å². The highest BCUT2D eigenvalue weighted by Gasteiger charge is 2.24. The molecule has 0 saturated heterocycles. The number of benzene rings is 2. The Morgan fingerprint density at radius 2 is 1.81 bits per heavy atom. The zero-order chi connectivity index (χ0) is 21.8. The maximum Gasteiger partial charge on any atom is 0.341 e. The van der Waals surface area contributed by atoms with Crippen molar-refractivity contribution < 1.29 is 23.5 Å². The number of anilines is 1. The van der Waals surface area contributed by atoms with Crippen LogP contribution in [0.4, 0.5) is 5.00 Å². The van der Waals surface area contributed by atoms with Crippen LogP contribution in [-0.4, -0.2) is 25.1 Å². The summed E-state index contributed by atoms with van der Waals surface area (Å²) in [6, 6.07) is 16.5. The van der Waals surface area contributed by atoms with Crippen LogP contribution >= 0.6 is 11.3 Å². The van der Waals surface area contributed by atoms with Crippen LogP contribution in [0.25, 0.3) is 22.1 Å². The van der Waals surface area contributed by atoms with Gasteiger partial charge in [0.05, 0.1) is 13.2 Å². The lowest BCUT2D eigenvalue weighted by molar-refractivity contribution is 0.0529. The standard InChI is InChI=1S/C24H21NO5S/c1-3-28-17-11-9-15(10-12-17)18-14-31-23(21(18)24(27)29-4-2)25-22(26)20-13-16-7-5-6-8-19(16)30-20/h5-14H,3-4H2,1-2H3,(H,25,26). The van der Waals surface area contributed by atoms with Crippen LogP contribution in [0, 0.1) is 0 Å². The molecule has 0 aliphatic heterocycles. The zero-order valence-corrected chi connectivity index (χ0v) is 18.0. The number of carbonyl (C=O) groups is 2. The molecule has 0 bridgehead atoms. The number of para-hydroxylation sites is 1. The molecule has 7 heteroatoms. The molecule has 0 aliphatic carbocycles. The fourth-order valence-electron chi connectivity index (χ4n) is 3.22. The van der Waals surface area contributed by atoms with Crippen LogP contribution in [0.15, 0.2) is 64.4 Å². The van der Waals surface area contributed by atoms with Gasteiger partial charge in [0, 0.05) is 16.3 Å². The number of nitrogens with one attached hydrogen (secondary N) is 1. The van der Waals surface area contributed by atoms with Crippen molar-refractivity contribution in [2.75, 3.05) is 18.5 Å². The SMILES string of the molecule is CCOC(=O)c1c(-c2ccc(OCC)cc2)csc1NC(=O)c1cc2ccccc2o1. The van der Waals surface area contributed by atoms with Gasteiger partial charge in [-0.05, 0) is 43.7 Å². The van der Waals surface area contributed by atoms with Gasteiger partial charge in [-0.25, -0.2) is 4.79 Å². The molecule has 0 atom stereocenters. The van der Waals surface area contributed by atoms with Gasteiger partial charge in [-0.15, -0.1) is 11.3 Å². The smallest absolute Gasteiger partial charge is 0.341 e. The number of esters is 1. The lowest BCUT2D eigenvalue weighted by Gasteiger charge is -2.09. The van der Waals surface area contributed by atoms with Crippen LogP contribution in [-0.2, 0) is 4.74 Å². The second kappa shape index (κ2) is 9.06. The van der Waals surface area contributed by atoms with E-state index in [1.54, 1.807) is 19.1 Å². The van der Waals surface area contributed by atoms with E-state index in [0.29, 0.717) is 28.3 Å². The van der Waals surface area contributed by atoms with E-state index in [1.165, 1.54) is 11.3 Å². The number of carbonyl (C=O) groups excluding carboxylic acids is 2. The summed E-state index contributed by atoms with van der Waals surface area (Å²) >= 11 is 1.26. The summed E-state index contributed by atoms with van der Waals surface area (Å²) in [6.45, 7) is 4.47. The quantitative estimate of drug-likeness (QED) is 0.361. The van der Waals surface area contributed by atoms with Crippen molar-refractivity contribution in [1.29, 1.82) is 0 Å². The Labute approximate surface area is 183 Å². The molecule has 4 aromatic rings. The van der Waals surface area contributed by atoms with Crippen LogP contribution in [0.2, 0.25) is 0 Å². The molecule has 1 N–H and O–H groups in total. The summed E-state index contributed by atoms with van der Waals surface area (Å²) in [7, 11) is 0. The molecule has 31 heavy (non-hydrogen) atoms. The lowest BCUT2D eigenvalue weighted by atomic mass is 10.0. The number of hydrogen-bond donors (Lipinski definition) is 1. The van der Waals surface area contributed by atoms with Gasteiger partial charge in [0.25, 0.3) is 5.91 Å². The predicted octanol–water partition coefficient (Wildman–Crippen LogP) is 5.99. The highest BCUT2D eigenvalue weighted by Crippen LogP contribution is 2.37. The van der Waals surface area contributed by atoms with Gasteiger partial charge >= 0.3 is 5.97 Å². The summed E-state index contributed by atoms with van der Waals surface area (Å²) in [6.07, 6.45) is 0. The average Bonchev–Trinajstić information content (AvgIpc) is 3.39. The minimum absolute atomic E-state index is 0.173. The van der Waals surface area contributed by atoms with Gasteiger partial charge in [-0.3, -0.25) is 4.79 Å². The van der Waals surface area contributed by atoms with Crippen LogP contribution in [0.1, 0.15) is 34.8 Å². The average molecular weight is 436 g/mol. The number of rotatable bonds is 7. The Morgan fingerprint density at radius 1 is 1.03 bits per heavy atom. The molecule has 1 amide bonds. The van der Waals surface area contributed by atoms with Gasteiger partial charge in [-0.1, -0.05) is 30.3 Å². The van der Waals surface area contributed by atoms with Gasteiger partial charge in [0.2, 0.25) is 0 Å². The highest BCUT2D eigenvalue weighted by atomic mass is 32.1. The Bertz CT molecular complexity index is 1190. The van der Waals surface area contributed by atoms with Crippen molar-refractivity contribution >= 4 is 39.2 Å². The van der Waals surface area contributed by atoms with Crippen LogP contribution in [0.5, 0.6) is 5.75 Å². The lowest BCUT2D eigenvalue weighted by Crippen LogP contribution is -2.14. The molecule has 0 fully saturated rings. The summed E-state index contributed by atoms with van der Waals surface area (Å²) in [4.78, 5) is 25.5. The Balaban J connectivity index is 1.66. The third kappa shape index (κ3) is 4.32. The summed E-state index contributed by atoms with van der Waals surface area (Å²) in [5.41, 5.74) is 2.46. The van der Waals surface area contributed by atoms with Crippen molar-refractivity contribution in [2.24, 2.45) is 0 Å². The fourth-order valence-corrected chi connectivity index (χ4v) is 4.18. The van der Waals surface area contributed by atoms with Crippen molar-refractivity contribution in [3.8, 4) is 16.9 Å². The first-order valence-electron chi connectivity index (χ1n) is 9.92. The first kappa shape index (κ1) is 20.7. The molecule has 0 unspecified atom stereocenters. The van der Waals surface area contributed by atoms with E-state index in [9.17, 15) is 9.59 Å². The summed E-state index contributed by atoms with van der Waals surface area (Å²) in [5.74, 6) is -0.000940. The highest BCUT2D eigenvalue weighted by molar-refractivity contribution is 7.15. The number of fused-ring (bicyclic) bond motifs is 1. The van der Waals surface area contributed by atoms with E-state index in [4.69, 9.17) is 13.9 Å². The van der Waals surface area contributed by atoms with Crippen LogP contribution in [0.3, 0.4) is 0 Å². The Kier molecular flexibility index (Phi) is 6.04. The maximum atomic E-state index is 12.8. The molecule has 158 valence electrons. The topological polar surface area (TPSA) is 77.8 Å². The molecule has 6 nitrogen and oxygen atoms in total. The second-order valence-electron chi connectivity index (χ2n) is 6.63. The minimum atomic E-state index is -0.493. The number of furan rings is 1. The summed E-state index contributed by atoms with van der Waals surface area (Å²) in [5, 5.41) is 5.88. The van der Waals surface area contributed by atoms with Crippen LogP contribution < -0.4 is 10.1 Å². The van der Waals surface area contributed by atoms with Gasteiger partial charge < -0.3 is 19.2 Å². The summed E-state index contributed by atoms with van der Waals surface area (Å²) < 4.78 is 16.4. The Morgan fingerprint density at radius 3 is 2.52 bits per heavy atom. The van der Waals surface area contributed by atoms with E-state index < -0.39 is 11.9 Å². The second-order valence-corrected chi connectivity index (χ2v) is 7.51. The largest absolute Gasteiger partial charge is 0.494 e. The molecule has 2 aromatic carbocycles. The maximum absolute atomic E-state index is 12.8.